The van der Waals surface area contributed by atoms with Gasteiger partial charge in [-0.1, -0.05) is 32.8 Å². The molecule has 0 aliphatic heterocycles. The van der Waals surface area contributed by atoms with Gasteiger partial charge in [-0.2, -0.15) is 0 Å². The molecule has 0 aromatic rings. The number of hydrogen-bond donors (Lipinski definition) is 2. The second kappa shape index (κ2) is 8.96. The number of carbonyl (C=O) groups excluding carboxylic acids is 2. The van der Waals surface area contributed by atoms with Crippen LogP contribution in [-0.2, 0) is 19.2 Å². The van der Waals surface area contributed by atoms with E-state index < -0.39 is 36.0 Å². The Morgan fingerprint density at radius 2 is 1.70 bits per heavy atom. The van der Waals surface area contributed by atoms with Crippen molar-refractivity contribution < 1.29 is 29.1 Å². The first kappa shape index (κ1) is 20.7. The van der Waals surface area contributed by atoms with E-state index in [0.717, 1.165) is 4.90 Å². The van der Waals surface area contributed by atoms with E-state index in [9.17, 15) is 19.5 Å². The molecular formula is C14H25N3O6. The molecule has 0 fully saturated rings. The fraction of sp³-hybridized carbons (Fsp3) is 0.714. The highest BCUT2D eigenvalue weighted by Gasteiger charge is 2.35. The molecule has 9 heteroatoms. The van der Waals surface area contributed by atoms with Gasteiger partial charge in [0.25, 0.3) is 0 Å². The van der Waals surface area contributed by atoms with Crippen LogP contribution in [-0.4, -0.2) is 58.8 Å². The Labute approximate surface area is 135 Å². The molecular weight excluding hydrogens is 306 g/mol. The fourth-order valence-electron chi connectivity index (χ4n) is 1.72. The van der Waals surface area contributed by atoms with E-state index in [2.05, 4.69) is 0 Å². The number of rotatable bonds is 5. The molecule has 0 aromatic heterocycles. The van der Waals surface area contributed by atoms with E-state index in [1.165, 1.54) is 7.05 Å². The first-order chi connectivity index (χ1) is 10.5. The van der Waals surface area contributed by atoms with Crippen LogP contribution in [0.3, 0.4) is 0 Å². The van der Waals surface area contributed by atoms with Crippen LogP contribution in [0.15, 0.2) is 0 Å². The maximum atomic E-state index is 11.9. The first-order valence-electron chi connectivity index (χ1n) is 7.27. The highest BCUT2D eigenvalue weighted by molar-refractivity contribution is 5.94. The van der Waals surface area contributed by atoms with Crippen LogP contribution in [0.4, 0.5) is 4.79 Å². The lowest BCUT2D eigenvalue weighted by Crippen LogP contribution is -2.53. The topological polar surface area (TPSA) is 120 Å². The number of aliphatic carboxylic acids is 1. The second-order valence-electron chi connectivity index (χ2n) is 5.52. The quantitative estimate of drug-likeness (QED) is 0.445. The minimum Gasteiger partial charge on any atom is -0.480 e. The average Bonchev–Trinajstić information content (AvgIpc) is 2.42. The number of carboxylic acid groups (broad SMARTS) is 1. The van der Waals surface area contributed by atoms with Crippen molar-refractivity contribution in [2.45, 2.75) is 40.7 Å². The Morgan fingerprint density at radius 1 is 1.17 bits per heavy atom. The van der Waals surface area contributed by atoms with Crippen LogP contribution in [0.25, 0.3) is 0 Å². The van der Waals surface area contributed by atoms with Gasteiger partial charge in [-0.25, -0.2) is 14.4 Å². The Balaban J connectivity index is 5.44. The number of hydrogen-bond acceptors (Lipinski definition) is 6. The maximum Gasteiger partial charge on any atom is 0.451 e. The Kier molecular flexibility index (Phi) is 8.06. The summed E-state index contributed by atoms with van der Waals surface area (Å²) in [7, 11) is 1.33. The molecule has 1 atom stereocenters. The molecule has 0 aromatic carbocycles. The minimum atomic E-state index is -1.16. The van der Waals surface area contributed by atoms with Crippen molar-refractivity contribution in [3.63, 3.8) is 0 Å². The van der Waals surface area contributed by atoms with E-state index in [0.29, 0.717) is 5.06 Å². The molecule has 0 aliphatic carbocycles. The van der Waals surface area contributed by atoms with Gasteiger partial charge in [-0.3, -0.25) is 5.41 Å². The predicted octanol–water partition coefficient (Wildman–Crippen LogP) is 1.53. The molecule has 2 N–H and O–H groups in total. The van der Waals surface area contributed by atoms with Gasteiger partial charge >= 0.3 is 18.0 Å². The molecule has 0 aliphatic rings. The lowest BCUT2D eigenvalue weighted by atomic mass is 10.0. The van der Waals surface area contributed by atoms with Gasteiger partial charge in [-0.05, 0) is 12.8 Å². The van der Waals surface area contributed by atoms with Gasteiger partial charge in [0.05, 0.1) is 12.5 Å². The first-order valence-corrected chi connectivity index (χ1v) is 7.27. The molecule has 23 heavy (non-hydrogen) atoms. The Hall–Kier alpha value is -2.32. The van der Waals surface area contributed by atoms with E-state index in [1.54, 1.807) is 34.6 Å². The molecule has 0 heterocycles. The summed E-state index contributed by atoms with van der Waals surface area (Å²) in [5.41, 5.74) is 0. The van der Waals surface area contributed by atoms with Crippen molar-refractivity contribution in [1.29, 1.82) is 5.41 Å². The number of carbonyl (C=O) groups is 3. The number of hydroxylamine groups is 2. The fourth-order valence-corrected chi connectivity index (χ4v) is 1.72. The van der Waals surface area contributed by atoms with Crippen LogP contribution in [0, 0.1) is 17.2 Å². The van der Waals surface area contributed by atoms with Crippen LogP contribution in [0.2, 0.25) is 0 Å². The zero-order chi connectivity index (χ0) is 18.3. The molecule has 0 saturated carbocycles. The molecule has 0 saturated heterocycles. The zero-order valence-electron chi connectivity index (χ0n) is 14.3. The second-order valence-corrected chi connectivity index (χ2v) is 5.52. The van der Waals surface area contributed by atoms with E-state index in [1.807, 2.05) is 0 Å². The number of nitrogens with zero attached hydrogens (tertiary/aromatic N) is 2. The van der Waals surface area contributed by atoms with Gasteiger partial charge in [0.15, 0.2) is 0 Å². The molecule has 0 radical (unpaired) electrons. The molecule has 9 nitrogen and oxygen atoms in total. The van der Waals surface area contributed by atoms with E-state index >= 15 is 0 Å². The van der Waals surface area contributed by atoms with Gasteiger partial charge in [-0.15, -0.1) is 0 Å². The zero-order valence-corrected chi connectivity index (χ0v) is 14.3. The van der Waals surface area contributed by atoms with Crippen molar-refractivity contribution in [3.05, 3.63) is 0 Å². The van der Waals surface area contributed by atoms with Crippen molar-refractivity contribution in [1.82, 2.24) is 9.96 Å². The Bertz CT molecular complexity index is 463. The summed E-state index contributed by atoms with van der Waals surface area (Å²) in [5.74, 6) is -3.38. The van der Waals surface area contributed by atoms with E-state index in [-0.39, 0.29) is 12.5 Å². The number of carboxylic acids is 1. The molecule has 0 bridgehead atoms. The predicted molar refractivity (Wildman–Crippen MR) is 81.5 cm³/mol. The third-order valence-electron chi connectivity index (χ3n) is 2.91. The summed E-state index contributed by atoms with van der Waals surface area (Å²) in [6, 6.07) is -1.07. The highest BCUT2D eigenvalue weighted by atomic mass is 16.8. The van der Waals surface area contributed by atoms with Crippen molar-refractivity contribution in [2.75, 3.05) is 13.7 Å². The van der Waals surface area contributed by atoms with Crippen LogP contribution in [0.5, 0.6) is 0 Å². The van der Waals surface area contributed by atoms with E-state index in [4.69, 9.17) is 15.0 Å². The standard InChI is InChI=1S/C14H25N3O6/c1-7-22-14(21)17(23-12(20)9(4)5)13(15)16(6)10(8(2)3)11(18)19/h8-10,15H,7H2,1-6H3,(H,18,19). The lowest BCUT2D eigenvalue weighted by molar-refractivity contribution is -0.173. The smallest absolute Gasteiger partial charge is 0.451 e. The maximum absolute atomic E-state index is 11.9. The van der Waals surface area contributed by atoms with Gasteiger partial charge in [0.2, 0.25) is 5.96 Å². The SMILES string of the molecule is CCOC(=O)N(OC(=O)C(C)C)C(=N)N(C)C(C(=O)O)C(C)C. The molecule has 1 amide bonds. The molecule has 132 valence electrons. The lowest BCUT2D eigenvalue weighted by Gasteiger charge is -2.32. The third-order valence-corrected chi connectivity index (χ3v) is 2.91. The summed E-state index contributed by atoms with van der Waals surface area (Å²) in [6.07, 6.45) is -1.06. The molecule has 1 unspecified atom stereocenters. The van der Waals surface area contributed by atoms with Gasteiger partial charge in [0.1, 0.15) is 6.04 Å². The summed E-state index contributed by atoms with van der Waals surface area (Å²) in [6.45, 7) is 8.02. The summed E-state index contributed by atoms with van der Waals surface area (Å²) in [5, 5.41) is 17.7. The summed E-state index contributed by atoms with van der Waals surface area (Å²) in [4.78, 5) is 40.9. The number of nitrogens with one attached hydrogen (secondary N) is 1. The minimum absolute atomic E-state index is 0.0120. The van der Waals surface area contributed by atoms with Gasteiger partial charge < -0.3 is 19.6 Å². The molecule has 0 spiro atoms. The monoisotopic (exact) mass is 331 g/mol. The van der Waals surface area contributed by atoms with Crippen molar-refractivity contribution >= 4 is 24.0 Å². The number of likely N-dealkylation sites (N-methyl/N-ethyl adjacent to an activating group) is 1. The normalized spacial score (nSPS) is 11.8. The third kappa shape index (κ3) is 5.76. The number of ether oxygens (including phenoxy) is 1. The van der Waals surface area contributed by atoms with Crippen molar-refractivity contribution in [3.8, 4) is 0 Å². The highest BCUT2D eigenvalue weighted by Crippen LogP contribution is 2.13. The number of guanidine groups is 1. The molecule has 0 rings (SSSR count). The van der Waals surface area contributed by atoms with Crippen molar-refractivity contribution in [2.24, 2.45) is 11.8 Å². The van der Waals surface area contributed by atoms with Gasteiger partial charge in [0, 0.05) is 7.05 Å². The largest absolute Gasteiger partial charge is 0.480 e. The summed E-state index contributed by atoms with van der Waals surface area (Å²) >= 11 is 0. The summed E-state index contributed by atoms with van der Waals surface area (Å²) < 4.78 is 4.75. The van der Waals surface area contributed by atoms with Crippen LogP contribution in [0.1, 0.15) is 34.6 Å². The van der Waals surface area contributed by atoms with Crippen LogP contribution >= 0.6 is 0 Å². The Morgan fingerprint density at radius 3 is 2.04 bits per heavy atom. The van der Waals surface area contributed by atoms with Crippen LogP contribution < -0.4 is 0 Å². The average molecular weight is 331 g/mol. The number of amides is 1.